The SMILES string of the molecule is CC1CC(=O)N(CCCCOCCOCCOCCOCCC(=O)N[C@H](CCCCNC(=O)COC2CCCCCC3=C2NNN3[C@@H]2O[C@H](CO)[C@H](O)[C@H](O)[C@H]2O)C(=O)N[C@H](C(=O)C[C@@H](CCCNC(N)=O)C(=O)N[C@@H](CO)C(=O)Cc2ccc3c(c2)[C@@]2(C)CCC[C@](C)(C(=O)NC(=O)[C@@]4(C)CCC[C@]5(C)c6cc(O)ccc6CC[C@@H]45)[C@@H]2CC3)C(C)C)C1=O. The van der Waals surface area contributed by atoms with Gasteiger partial charge in [0, 0.05) is 63.8 Å². The van der Waals surface area contributed by atoms with E-state index in [1.54, 1.807) is 26.8 Å². The number of aryl methyl sites for hydroxylation is 2. The van der Waals surface area contributed by atoms with E-state index in [0.717, 1.165) is 68.1 Å². The topological polar surface area (TPSA) is 493 Å². The lowest BCUT2D eigenvalue weighted by Crippen LogP contribution is -2.64. The average molecular weight is 1740 g/mol. The van der Waals surface area contributed by atoms with E-state index in [4.69, 9.17) is 34.2 Å². The molecule has 2 saturated carbocycles. The first-order valence-corrected chi connectivity index (χ1v) is 45.0. The van der Waals surface area contributed by atoms with Gasteiger partial charge in [-0.2, -0.15) is 0 Å². The third-order valence-corrected chi connectivity index (χ3v) is 27.5. The number of hydrogen-bond acceptors (Lipinski definition) is 26. The van der Waals surface area contributed by atoms with Crippen LogP contribution in [0.3, 0.4) is 0 Å². The Morgan fingerprint density at radius 2 is 1.27 bits per heavy atom. The molecule has 124 heavy (non-hydrogen) atoms. The number of hydrogen-bond donors (Lipinski definition) is 15. The van der Waals surface area contributed by atoms with Crippen LogP contribution >= 0.6 is 0 Å². The Morgan fingerprint density at radius 3 is 1.89 bits per heavy atom. The number of phenols is 1. The average Bonchev–Trinajstić information content (AvgIpc) is 0.930. The molecule has 2 saturated heterocycles. The van der Waals surface area contributed by atoms with Crippen molar-refractivity contribution in [3.8, 4) is 5.75 Å². The van der Waals surface area contributed by atoms with Crippen LogP contribution in [0.15, 0.2) is 47.8 Å². The number of benzene rings is 2. The Hall–Kier alpha value is -8.13. The highest BCUT2D eigenvalue weighted by atomic mass is 16.6. The van der Waals surface area contributed by atoms with Crippen LogP contribution < -0.4 is 48.6 Å². The van der Waals surface area contributed by atoms with Crippen molar-refractivity contribution in [2.75, 3.05) is 92.3 Å². The molecular weight excluding hydrogens is 1600 g/mol. The van der Waals surface area contributed by atoms with Gasteiger partial charge in [-0.1, -0.05) is 98.4 Å². The molecule has 10 rings (SSSR count). The fourth-order valence-electron chi connectivity index (χ4n) is 20.4. The quantitative estimate of drug-likeness (QED) is 0.0332. The fourth-order valence-corrected chi connectivity index (χ4v) is 20.4. The lowest BCUT2D eigenvalue weighted by molar-refractivity contribution is -0.266. The molecule has 3 aliphatic heterocycles. The van der Waals surface area contributed by atoms with Gasteiger partial charge in [0.25, 0.3) is 0 Å². The third kappa shape index (κ3) is 24.4. The second kappa shape index (κ2) is 45.5. The zero-order chi connectivity index (χ0) is 89.6. The number of carbonyl (C=O) groups excluding carboxylic acids is 11. The second-order valence-corrected chi connectivity index (χ2v) is 36.5. The summed E-state index contributed by atoms with van der Waals surface area (Å²) in [7, 11) is 0. The first-order valence-electron chi connectivity index (χ1n) is 45.0. The molecule has 8 aliphatic rings. The Morgan fingerprint density at radius 1 is 0.637 bits per heavy atom. The second-order valence-electron chi connectivity index (χ2n) is 36.5. The summed E-state index contributed by atoms with van der Waals surface area (Å²) >= 11 is 0. The molecule has 0 bridgehead atoms. The molecule has 2 aromatic rings. The number of likely N-dealkylation sites (tertiary alicyclic amines) is 1. The summed E-state index contributed by atoms with van der Waals surface area (Å²) in [6.07, 6.45) is 4.59. The number of unbranched alkanes of at least 4 members (excludes halogenated alkanes) is 2. The molecule has 17 atom stereocenters. The van der Waals surface area contributed by atoms with E-state index in [-0.39, 0.29) is 144 Å². The van der Waals surface area contributed by atoms with Crippen molar-refractivity contribution < 1.29 is 112 Å². The number of urea groups is 1. The summed E-state index contributed by atoms with van der Waals surface area (Å²) in [5, 5.41) is 81.5. The Kier molecular flexibility index (Phi) is 36.0. The molecule has 10 amide bonds. The molecular formula is C90H137N11O23. The number of aliphatic hydroxyl groups is 5. The predicted octanol–water partition coefficient (Wildman–Crippen LogP) is 3.60. The minimum Gasteiger partial charge on any atom is -0.508 e. The van der Waals surface area contributed by atoms with Gasteiger partial charge in [-0.05, 0) is 184 Å². The maximum Gasteiger partial charge on any atom is 0.312 e. The first-order chi connectivity index (χ1) is 59.3. The van der Waals surface area contributed by atoms with Gasteiger partial charge in [-0.3, -0.25) is 63.2 Å². The maximum atomic E-state index is 15.0. The van der Waals surface area contributed by atoms with Crippen LogP contribution in [0.25, 0.3) is 0 Å². The van der Waals surface area contributed by atoms with Crippen LogP contribution in [0.2, 0.25) is 0 Å². The summed E-state index contributed by atoms with van der Waals surface area (Å²) in [5.41, 5.74) is 15.0. The number of hydrazine groups is 2. The molecule has 3 heterocycles. The van der Waals surface area contributed by atoms with Crippen LogP contribution in [0.1, 0.15) is 224 Å². The molecule has 690 valence electrons. The molecule has 5 aliphatic carbocycles. The number of primary amides is 1. The van der Waals surface area contributed by atoms with Gasteiger partial charge in [0.05, 0.1) is 87.7 Å². The van der Waals surface area contributed by atoms with Gasteiger partial charge in [-0.25, -0.2) is 4.79 Å². The number of ether oxygens (including phenoxy) is 6. The smallest absolute Gasteiger partial charge is 0.312 e. The Bertz CT molecular complexity index is 4070. The number of rotatable bonds is 46. The van der Waals surface area contributed by atoms with Crippen LogP contribution in [0, 0.1) is 40.4 Å². The van der Waals surface area contributed by atoms with Gasteiger partial charge in [0.1, 0.15) is 55.0 Å². The third-order valence-electron chi connectivity index (χ3n) is 27.5. The lowest BCUT2D eigenvalue weighted by Gasteiger charge is -2.56. The summed E-state index contributed by atoms with van der Waals surface area (Å²) < 4.78 is 34.6. The highest BCUT2D eigenvalue weighted by molar-refractivity contribution is 6.03. The monoisotopic (exact) mass is 1740 g/mol. The zero-order valence-electron chi connectivity index (χ0n) is 73.4. The summed E-state index contributed by atoms with van der Waals surface area (Å²) in [6.45, 7) is 14.3. The lowest BCUT2D eigenvalue weighted by atomic mass is 9.49. The number of Topliss-reactive ketones (excluding diaryl/α,β-unsaturated/α-hetero) is 2. The van der Waals surface area contributed by atoms with Crippen LogP contribution in [-0.4, -0.2) is 253 Å². The number of aromatic hydroxyl groups is 1. The number of fused-ring (bicyclic) bond motifs is 6. The minimum atomic E-state index is -1.61. The van der Waals surface area contributed by atoms with E-state index in [1.165, 1.54) is 15.5 Å². The number of nitrogens with zero attached hydrogens (tertiary/aromatic N) is 2. The van der Waals surface area contributed by atoms with Crippen molar-refractivity contribution in [3.05, 3.63) is 75.6 Å². The van der Waals surface area contributed by atoms with E-state index < -0.39 is 144 Å². The van der Waals surface area contributed by atoms with Crippen molar-refractivity contribution in [1.29, 1.82) is 0 Å². The van der Waals surface area contributed by atoms with Crippen LogP contribution in [-0.2, 0) is 106 Å². The van der Waals surface area contributed by atoms with Crippen molar-refractivity contribution in [2.45, 2.75) is 281 Å². The molecule has 34 nitrogen and oxygen atoms in total. The van der Waals surface area contributed by atoms with Gasteiger partial charge in [0.2, 0.25) is 47.3 Å². The van der Waals surface area contributed by atoms with Gasteiger partial charge in [0.15, 0.2) is 17.8 Å². The van der Waals surface area contributed by atoms with E-state index in [1.807, 2.05) is 44.2 Å². The molecule has 34 heteroatoms. The van der Waals surface area contributed by atoms with Crippen molar-refractivity contribution >= 4 is 64.9 Å². The molecule has 2 aromatic carbocycles. The summed E-state index contributed by atoms with van der Waals surface area (Å²) in [4.78, 5) is 153. The predicted molar refractivity (Wildman–Crippen MR) is 453 cm³/mol. The van der Waals surface area contributed by atoms with Crippen molar-refractivity contribution in [1.82, 2.24) is 52.8 Å². The number of nitrogens with one attached hydrogen (secondary N) is 8. The van der Waals surface area contributed by atoms with E-state index in [2.05, 4.69) is 56.7 Å². The fraction of sp³-hybridized carbons (Fsp3) is 0.722. The summed E-state index contributed by atoms with van der Waals surface area (Å²) in [6, 6.07) is 6.74. The Labute approximate surface area is 727 Å². The first kappa shape index (κ1) is 98.1. The van der Waals surface area contributed by atoms with Crippen LogP contribution in [0.5, 0.6) is 5.75 Å². The number of allylic oxidation sites excluding steroid dienone is 1. The highest BCUT2D eigenvalue weighted by Crippen LogP contribution is 2.60. The Balaban J connectivity index is 0.732. The van der Waals surface area contributed by atoms with Crippen molar-refractivity contribution in [3.63, 3.8) is 0 Å². The number of carbonyl (C=O) groups is 11. The van der Waals surface area contributed by atoms with Gasteiger partial charge < -0.3 is 96.8 Å². The molecule has 0 spiro atoms. The summed E-state index contributed by atoms with van der Waals surface area (Å²) in [5.74, 6) is -6.33. The normalized spacial score (nSPS) is 27.6. The number of nitrogens with two attached hydrogens (primary N) is 1. The molecule has 2 unspecified atom stereocenters. The largest absolute Gasteiger partial charge is 0.508 e. The number of aliphatic hydroxyl groups excluding tert-OH is 5. The number of ketones is 2. The zero-order valence-corrected chi connectivity index (χ0v) is 73.4. The molecule has 16 N–H and O–H groups in total. The van der Waals surface area contributed by atoms with Crippen molar-refractivity contribution in [2.24, 2.45) is 46.2 Å². The number of phenolic OH excluding ortho intramolecular Hbond substituents is 1. The maximum absolute atomic E-state index is 15.0. The van der Waals surface area contributed by atoms with Gasteiger partial charge in [-0.15, -0.1) is 5.53 Å². The molecule has 4 fully saturated rings. The minimum absolute atomic E-state index is 0.000279. The van der Waals surface area contributed by atoms with Crippen LogP contribution in [0.4, 0.5) is 4.79 Å². The van der Waals surface area contributed by atoms with E-state index >= 15 is 4.79 Å². The molecule has 0 radical (unpaired) electrons. The van der Waals surface area contributed by atoms with Gasteiger partial charge >= 0.3 is 6.03 Å². The number of imide groups is 2. The molecule has 0 aromatic heterocycles. The standard InChI is InChI=1S/C90H137N11O23/c1-54(2)75(67(106)49-59(18-15-36-93-86(91)118)80(113)95-64(51-102)66(105)48-56-22-23-57-25-28-70-87(4,61(57)47-56)31-16-33-89(70,6)84(116)97-85(117)90(7)34-17-32-88(5)62-50-60(104)27-24-58(62)26-29-71(88)90)96-81(114)63(94-72(107)30-39-120-41-43-122-45-44-121-42-40-119-38-14-13-37-100-74(109)46-55(3)82(100)115)19-11-12-35-92-73(108)53-123-68-21-10-8-9-20-65-76(68)98-99-101(65)83-79(112)78(111)77(110)69(52-103)124-83/h22-24,27,47,50,54-55,59,63-64,68-71,75,77-79,83,98-99,102-104,110-112H,8-21,25-26,28-46,48-49,51-53H2,1-7H3,(H,92,108)(H,94,107)(H,95,113)(H,96,114)(H3,91,93,118)(H,97,116,117)/t55?,59-,63-,64+,68?,69-,70-,71-,75+,77+,78+,79-,83-,87-,88-,89+,90+/m1/s1. The number of amides is 10. The van der Waals surface area contributed by atoms with E-state index in [9.17, 15) is 78.6 Å². The highest BCUT2D eigenvalue weighted by Gasteiger charge is 2.59. The van der Waals surface area contributed by atoms with E-state index in [0.29, 0.717) is 114 Å².